The normalized spacial score (nSPS) is 10.5. The highest BCUT2D eigenvalue weighted by Crippen LogP contribution is 2.06. The molecule has 1 aromatic heterocycles. The van der Waals surface area contributed by atoms with Gasteiger partial charge in [-0.3, -0.25) is 14.8 Å². The molecule has 0 spiro atoms. The Hall–Kier alpha value is -1.97. The predicted molar refractivity (Wildman–Crippen MR) is 59.5 cm³/mol. The summed E-state index contributed by atoms with van der Waals surface area (Å²) in [6.45, 7) is 3.30. The fourth-order valence-corrected chi connectivity index (χ4v) is 1.64. The van der Waals surface area contributed by atoms with Crippen molar-refractivity contribution in [2.24, 2.45) is 0 Å². The Kier molecular flexibility index (Phi) is 2.11. The Morgan fingerprint density at radius 1 is 1.40 bits per heavy atom. The summed E-state index contributed by atoms with van der Waals surface area (Å²) in [6.07, 6.45) is 0. The Labute approximate surface area is 86.7 Å². The quantitative estimate of drug-likeness (QED) is 0.519. The van der Waals surface area contributed by atoms with Crippen LogP contribution in [0.1, 0.15) is 12.7 Å². The molecule has 0 unspecified atom stereocenters. The van der Waals surface area contributed by atoms with Crippen molar-refractivity contribution in [2.45, 2.75) is 13.8 Å². The summed E-state index contributed by atoms with van der Waals surface area (Å²) in [5, 5.41) is 8.07. The van der Waals surface area contributed by atoms with E-state index in [1.807, 2.05) is 6.07 Å². The van der Waals surface area contributed by atoms with Crippen molar-refractivity contribution in [1.82, 2.24) is 9.55 Å². The molecule has 0 saturated carbocycles. The first kappa shape index (κ1) is 9.58. The molecule has 4 nitrogen and oxygen atoms in total. The number of aromatic nitrogens is 2. The van der Waals surface area contributed by atoms with Gasteiger partial charge >= 0.3 is 0 Å². The summed E-state index contributed by atoms with van der Waals surface area (Å²) in [6, 6.07) is 7.16. The summed E-state index contributed by atoms with van der Waals surface area (Å²) < 4.78 is 1.31. The zero-order valence-electron chi connectivity index (χ0n) is 8.61. The summed E-state index contributed by atoms with van der Waals surface area (Å²) >= 11 is 0. The van der Waals surface area contributed by atoms with E-state index in [-0.39, 0.29) is 11.4 Å². The lowest BCUT2D eigenvalue weighted by atomic mass is 10.2. The van der Waals surface area contributed by atoms with Gasteiger partial charge in [0.2, 0.25) is 0 Å². The topological polar surface area (TPSA) is 58.7 Å². The van der Waals surface area contributed by atoms with E-state index in [4.69, 9.17) is 5.41 Å². The highest BCUT2D eigenvalue weighted by molar-refractivity contribution is 5.84. The van der Waals surface area contributed by atoms with Gasteiger partial charge in [-0.2, -0.15) is 0 Å². The molecule has 2 aromatic rings. The summed E-state index contributed by atoms with van der Waals surface area (Å²) in [7, 11) is 0. The molecule has 0 atom stereocenters. The van der Waals surface area contributed by atoms with E-state index in [1.165, 1.54) is 4.57 Å². The van der Waals surface area contributed by atoms with Gasteiger partial charge in [0.05, 0.1) is 10.9 Å². The van der Waals surface area contributed by atoms with Gasteiger partial charge in [0.15, 0.2) is 0 Å². The van der Waals surface area contributed by atoms with E-state index in [0.717, 1.165) is 0 Å². The number of hydrogen-bond donors (Lipinski definition) is 1. The smallest absolute Gasteiger partial charge is 0.266 e. The van der Waals surface area contributed by atoms with E-state index in [2.05, 4.69) is 4.98 Å². The fraction of sp³-hybridized carbons (Fsp3) is 0.182. The molecule has 1 aromatic carbocycles. The lowest BCUT2D eigenvalue weighted by Gasteiger charge is -2.07. The van der Waals surface area contributed by atoms with Crippen LogP contribution in [-0.2, 0) is 0 Å². The molecule has 0 aliphatic heterocycles. The molecular formula is C11H11N3O. The van der Waals surface area contributed by atoms with Gasteiger partial charge in [-0.05, 0) is 26.0 Å². The van der Waals surface area contributed by atoms with Gasteiger partial charge in [-0.1, -0.05) is 12.1 Å². The monoisotopic (exact) mass is 201 g/mol. The van der Waals surface area contributed by atoms with Crippen molar-refractivity contribution >= 4 is 16.7 Å². The zero-order valence-corrected chi connectivity index (χ0v) is 8.61. The molecule has 0 fully saturated rings. The summed E-state index contributed by atoms with van der Waals surface area (Å²) in [5.74, 6) is 0.738. The van der Waals surface area contributed by atoms with Gasteiger partial charge in [0, 0.05) is 0 Å². The number of para-hydroxylation sites is 1. The van der Waals surface area contributed by atoms with Crippen molar-refractivity contribution in [3.8, 4) is 0 Å². The second-order valence-corrected chi connectivity index (χ2v) is 3.40. The minimum absolute atomic E-state index is 0.175. The molecule has 76 valence electrons. The Morgan fingerprint density at radius 3 is 2.73 bits per heavy atom. The predicted octanol–water partition coefficient (Wildman–Crippen LogP) is 1.55. The van der Waals surface area contributed by atoms with Crippen LogP contribution in [0.15, 0.2) is 29.1 Å². The van der Waals surface area contributed by atoms with Crippen molar-refractivity contribution in [3.05, 3.63) is 40.4 Å². The second kappa shape index (κ2) is 3.31. The molecule has 0 amide bonds. The summed E-state index contributed by atoms with van der Waals surface area (Å²) in [4.78, 5) is 16.3. The number of fused-ring (bicyclic) bond motifs is 1. The minimum atomic E-state index is -0.175. The van der Waals surface area contributed by atoms with Crippen LogP contribution in [0.5, 0.6) is 0 Å². The minimum Gasteiger partial charge on any atom is -0.288 e. The number of rotatable bonds is 0. The lowest BCUT2D eigenvalue weighted by molar-refractivity contribution is 0.927. The van der Waals surface area contributed by atoms with Crippen LogP contribution in [0.25, 0.3) is 10.9 Å². The Balaban J connectivity index is 2.97. The largest absolute Gasteiger partial charge is 0.288 e. The molecule has 2 rings (SSSR count). The SMILES string of the molecule is CC(=N)n1c(C)nc2ccccc2c1=O. The van der Waals surface area contributed by atoms with E-state index in [9.17, 15) is 4.79 Å². The van der Waals surface area contributed by atoms with Gasteiger partial charge in [0.1, 0.15) is 11.7 Å². The van der Waals surface area contributed by atoms with E-state index in [1.54, 1.807) is 32.0 Å². The molecular weight excluding hydrogens is 190 g/mol. The average Bonchev–Trinajstić information content (AvgIpc) is 2.17. The molecule has 0 radical (unpaired) electrons. The third-order valence-corrected chi connectivity index (χ3v) is 2.28. The van der Waals surface area contributed by atoms with Crippen LogP contribution in [0.3, 0.4) is 0 Å². The van der Waals surface area contributed by atoms with Gasteiger partial charge in [-0.25, -0.2) is 4.98 Å². The van der Waals surface area contributed by atoms with Crippen molar-refractivity contribution in [3.63, 3.8) is 0 Å². The number of benzene rings is 1. The lowest BCUT2D eigenvalue weighted by Crippen LogP contribution is -2.28. The van der Waals surface area contributed by atoms with Crippen LogP contribution < -0.4 is 5.56 Å². The number of aryl methyl sites for hydroxylation is 1. The molecule has 0 saturated heterocycles. The van der Waals surface area contributed by atoms with Gasteiger partial charge in [-0.15, -0.1) is 0 Å². The highest BCUT2D eigenvalue weighted by atomic mass is 16.1. The fourth-order valence-electron chi connectivity index (χ4n) is 1.64. The van der Waals surface area contributed by atoms with Crippen molar-refractivity contribution < 1.29 is 0 Å². The molecule has 0 bridgehead atoms. The van der Waals surface area contributed by atoms with Gasteiger partial charge in [0.25, 0.3) is 5.56 Å². The van der Waals surface area contributed by atoms with Crippen molar-refractivity contribution in [2.75, 3.05) is 0 Å². The van der Waals surface area contributed by atoms with Crippen LogP contribution in [0, 0.1) is 12.3 Å². The van der Waals surface area contributed by atoms with Crippen molar-refractivity contribution in [1.29, 1.82) is 5.41 Å². The van der Waals surface area contributed by atoms with E-state index < -0.39 is 0 Å². The second-order valence-electron chi connectivity index (χ2n) is 3.40. The van der Waals surface area contributed by atoms with Gasteiger partial charge < -0.3 is 0 Å². The molecule has 15 heavy (non-hydrogen) atoms. The van der Waals surface area contributed by atoms with E-state index in [0.29, 0.717) is 16.7 Å². The number of nitrogens with zero attached hydrogens (tertiary/aromatic N) is 2. The standard InChI is InChI=1S/C11H11N3O/c1-7(12)14-8(2)13-10-6-4-3-5-9(10)11(14)15/h3-6,12H,1-2H3. The maximum absolute atomic E-state index is 12.0. The summed E-state index contributed by atoms with van der Waals surface area (Å²) in [5.41, 5.74) is 0.503. The first-order valence-corrected chi connectivity index (χ1v) is 4.65. The zero-order chi connectivity index (χ0) is 11.0. The van der Waals surface area contributed by atoms with Crippen LogP contribution in [-0.4, -0.2) is 15.4 Å². The third kappa shape index (κ3) is 1.44. The molecule has 4 heteroatoms. The van der Waals surface area contributed by atoms with E-state index >= 15 is 0 Å². The Morgan fingerprint density at radius 2 is 2.07 bits per heavy atom. The third-order valence-electron chi connectivity index (χ3n) is 2.28. The molecule has 0 aliphatic rings. The molecule has 1 N–H and O–H groups in total. The maximum atomic E-state index is 12.0. The molecule has 1 heterocycles. The average molecular weight is 201 g/mol. The molecule has 0 aliphatic carbocycles. The Bertz CT molecular complexity index is 598. The van der Waals surface area contributed by atoms with Crippen LogP contribution in [0.4, 0.5) is 0 Å². The van der Waals surface area contributed by atoms with Crippen LogP contribution in [0.2, 0.25) is 0 Å². The van der Waals surface area contributed by atoms with Crippen LogP contribution >= 0.6 is 0 Å². The first-order chi connectivity index (χ1) is 7.11. The first-order valence-electron chi connectivity index (χ1n) is 4.65. The number of hydrogen-bond acceptors (Lipinski definition) is 3. The highest BCUT2D eigenvalue weighted by Gasteiger charge is 2.07. The maximum Gasteiger partial charge on any atom is 0.266 e. The number of nitrogens with one attached hydrogen (secondary N) is 1.